The van der Waals surface area contributed by atoms with Gasteiger partial charge in [-0.05, 0) is 0 Å². The van der Waals surface area contributed by atoms with Gasteiger partial charge in [0.25, 0.3) is 0 Å². The van der Waals surface area contributed by atoms with Gasteiger partial charge in [0.15, 0.2) is 31.5 Å². The van der Waals surface area contributed by atoms with Crippen molar-refractivity contribution < 1.29 is 129 Å². The molecule has 5 fully saturated rings. The second-order valence-corrected chi connectivity index (χ2v) is 15.5. The summed E-state index contributed by atoms with van der Waals surface area (Å²) in [5, 5.41) is 162. The lowest BCUT2D eigenvalue weighted by Gasteiger charge is -2.49. The third-order valence-corrected chi connectivity index (χ3v) is 11.1. The van der Waals surface area contributed by atoms with E-state index in [4.69, 9.17) is 42.6 Å². The molecule has 0 aromatic heterocycles. The Labute approximate surface area is 351 Å². The summed E-state index contributed by atoms with van der Waals surface area (Å²) in [6.07, 6.45) is -41.5. The van der Waals surface area contributed by atoms with Crippen LogP contribution in [0.2, 0.25) is 0 Å². The number of carbonyl (C=O) groups excluding carboxylic acids is 2. The van der Waals surface area contributed by atoms with Crippen molar-refractivity contribution in [1.82, 2.24) is 10.6 Å². The van der Waals surface area contributed by atoms with E-state index >= 15 is 0 Å². The molecule has 0 aromatic carbocycles. The highest BCUT2D eigenvalue weighted by molar-refractivity contribution is 5.73. The number of amides is 2. The van der Waals surface area contributed by atoms with Crippen LogP contribution in [0.4, 0.5) is 0 Å². The highest BCUT2D eigenvalue weighted by Gasteiger charge is 2.55. The number of hydrogen-bond donors (Lipinski definition) is 17. The van der Waals surface area contributed by atoms with Crippen LogP contribution in [-0.4, -0.2) is 275 Å². The van der Waals surface area contributed by atoms with E-state index in [9.17, 15) is 86.2 Å². The van der Waals surface area contributed by atoms with E-state index in [2.05, 4.69) is 10.6 Å². The molecule has 62 heavy (non-hydrogen) atoms. The smallest absolute Gasteiger partial charge is 0.217 e. The third-order valence-electron chi connectivity index (χ3n) is 11.1. The normalized spacial score (nSPS) is 49.0. The van der Waals surface area contributed by atoms with Gasteiger partial charge in [-0.1, -0.05) is 0 Å². The van der Waals surface area contributed by atoms with E-state index in [-0.39, 0.29) is 0 Å². The minimum atomic E-state index is -2.08. The van der Waals surface area contributed by atoms with Crippen molar-refractivity contribution >= 4 is 11.8 Å². The van der Waals surface area contributed by atoms with Crippen molar-refractivity contribution in [2.24, 2.45) is 0 Å². The molecule has 25 atom stereocenters. The van der Waals surface area contributed by atoms with Gasteiger partial charge in [-0.2, -0.15) is 0 Å². The summed E-state index contributed by atoms with van der Waals surface area (Å²) in [4.78, 5) is 24.1. The van der Waals surface area contributed by atoms with Crippen LogP contribution < -0.4 is 10.6 Å². The molecule has 0 spiro atoms. The average molecular weight is 911 g/mol. The minimum absolute atomic E-state index is 0.680. The number of ether oxygens (including phenoxy) is 9. The van der Waals surface area contributed by atoms with Gasteiger partial charge in [0.1, 0.15) is 122 Å². The molecule has 5 saturated heterocycles. The third kappa shape index (κ3) is 11.0. The maximum Gasteiger partial charge on any atom is 0.217 e. The van der Waals surface area contributed by atoms with Crippen molar-refractivity contribution in [1.29, 1.82) is 0 Å². The minimum Gasteiger partial charge on any atom is -0.394 e. The van der Waals surface area contributed by atoms with E-state index < -0.39 is 198 Å². The van der Waals surface area contributed by atoms with E-state index in [1.807, 2.05) is 0 Å². The Bertz CT molecular complexity index is 1440. The van der Waals surface area contributed by atoms with Gasteiger partial charge in [-0.25, -0.2) is 0 Å². The predicted molar refractivity (Wildman–Crippen MR) is 190 cm³/mol. The molecule has 2 amide bonds. The van der Waals surface area contributed by atoms with Crippen LogP contribution in [0, 0.1) is 0 Å². The molecule has 0 bridgehead atoms. The summed E-state index contributed by atoms with van der Waals surface area (Å²) in [5.74, 6) is -1.45. The van der Waals surface area contributed by atoms with Crippen LogP contribution in [0.15, 0.2) is 0 Å². The Kier molecular flexibility index (Phi) is 18.1. The van der Waals surface area contributed by atoms with Crippen LogP contribution in [0.1, 0.15) is 13.8 Å². The molecule has 1 unspecified atom stereocenters. The first kappa shape index (κ1) is 51.0. The maximum atomic E-state index is 12.3. The van der Waals surface area contributed by atoms with Crippen molar-refractivity contribution in [3.63, 3.8) is 0 Å². The van der Waals surface area contributed by atoms with Crippen molar-refractivity contribution in [2.45, 2.75) is 167 Å². The summed E-state index contributed by atoms with van der Waals surface area (Å²) < 4.78 is 50.4. The summed E-state index contributed by atoms with van der Waals surface area (Å²) >= 11 is 0. The number of nitrogens with one attached hydrogen (secondary N) is 2. The lowest BCUT2D eigenvalue weighted by atomic mass is 9.94. The number of rotatable bonds is 15. The van der Waals surface area contributed by atoms with Crippen LogP contribution >= 0.6 is 0 Å². The standard InChI is InChI=1S/C34H58N2O26/c1-8(41)35-15-20(46)27(12(5-39)55-30(15)53)60-31-16(36-9(2)42)21(47)28(13(6-40)58-31)61-34-25(51)23(49)18(44)14(59-34)7-54-32-26(52)29(19(45)11(4-38)56-32)62-33-24(50)22(48)17(43)10(3-37)57-33/h10-34,37-40,43-53H,3-7H2,1-2H3,(H,35,41)(H,36,42)/t10-,11-,12-,13-,14-,15-,16-,17-,18-,19-,20-,21-,22+,23+,24+,25+,26+,27-,28-,29+,30?,31+,32+,33-,34+/m1/s1. The number of aliphatic hydroxyl groups excluding tert-OH is 15. The lowest BCUT2D eigenvalue weighted by molar-refractivity contribution is -0.373. The molecule has 17 N–H and O–H groups in total. The fraction of sp³-hybridized carbons (Fsp3) is 0.941. The summed E-state index contributed by atoms with van der Waals surface area (Å²) in [7, 11) is 0. The molecule has 5 rings (SSSR count). The monoisotopic (exact) mass is 910 g/mol. The molecular formula is C34H58N2O26. The molecule has 5 aliphatic rings. The molecule has 5 aliphatic heterocycles. The van der Waals surface area contributed by atoms with Crippen LogP contribution in [0.3, 0.4) is 0 Å². The molecule has 0 radical (unpaired) electrons. The Morgan fingerprint density at radius 3 is 1.35 bits per heavy atom. The highest BCUT2D eigenvalue weighted by atomic mass is 16.8. The largest absolute Gasteiger partial charge is 0.394 e. The number of aliphatic hydroxyl groups is 15. The Morgan fingerprint density at radius 1 is 0.419 bits per heavy atom. The van der Waals surface area contributed by atoms with Gasteiger partial charge in [-0.3, -0.25) is 9.59 Å². The van der Waals surface area contributed by atoms with Gasteiger partial charge in [0.2, 0.25) is 11.8 Å². The molecular weight excluding hydrogens is 852 g/mol. The van der Waals surface area contributed by atoms with Crippen LogP contribution in [0.25, 0.3) is 0 Å². The lowest BCUT2D eigenvalue weighted by Crippen LogP contribution is -2.70. The summed E-state index contributed by atoms with van der Waals surface area (Å²) in [5.41, 5.74) is 0. The number of carbonyl (C=O) groups is 2. The van der Waals surface area contributed by atoms with Crippen molar-refractivity contribution in [2.75, 3.05) is 33.0 Å². The fourth-order valence-electron chi connectivity index (χ4n) is 7.73. The van der Waals surface area contributed by atoms with Crippen molar-refractivity contribution in [3.05, 3.63) is 0 Å². The average Bonchev–Trinajstić information content (AvgIpc) is 3.23. The molecule has 0 aromatic rings. The fourth-order valence-corrected chi connectivity index (χ4v) is 7.73. The SMILES string of the molecule is CC(=O)N[C@H]1[C@H](O[C@H]2[C@H](O)[C@@H](NC(C)=O)C(O)O[C@@H]2CO)O[C@H](CO)[C@@H](O[C@@H]2O[C@H](CO[C@H]3O[C@H](CO)[C@@H](O)[C@H](O[C@H]4O[C@H](CO)[C@@H](O)[C@H](O)[C@@H]4O)[C@@H]3O)[C@@H](O)[C@H](O)[C@@H]2O)[C@@H]1O. The Hall–Kier alpha value is -2.02. The molecule has 0 aliphatic carbocycles. The molecule has 0 saturated carbocycles. The molecule has 360 valence electrons. The van der Waals surface area contributed by atoms with Crippen LogP contribution in [-0.2, 0) is 52.2 Å². The van der Waals surface area contributed by atoms with Gasteiger partial charge in [0, 0.05) is 13.8 Å². The van der Waals surface area contributed by atoms with E-state index in [1.165, 1.54) is 0 Å². The van der Waals surface area contributed by atoms with Gasteiger partial charge in [0.05, 0.1) is 33.0 Å². The zero-order chi connectivity index (χ0) is 45.9. The summed E-state index contributed by atoms with van der Waals surface area (Å²) in [6.45, 7) is -2.22. The highest BCUT2D eigenvalue weighted by Crippen LogP contribution is 2.34. The topological polar surface area (TPSA) is 445 Å². The first-order valence-electron chi connectivity index (χ1n) is 19.6. The van der Waals surface area contributed by atoms with Gasteiger partial charge >= 0.3 is 0 Å². The Morgan fingerprint density at radius 2 is 0.823 bits per heavy atom. The second kappa shape index (κ2) is 22.0. The quantitative estimate of drug-likeness (QED) is 0.0725. The first-order valence-corrected chi connectivity index (χ1v) is 19.6. The zero-order valence-electron chi connectivity index (χ0n) is 33.2. The van der Waals surface area contributed by atoms with Gasteiger partial charge in [-0.15, -0.1) is 0 Å². The number of hydrogen-bond acceptors (Lipinski definition) is 26. The Balaban J connectivity index is 1.29. The van der Waals surface area contributed by atoms with E-state index in [0.29, 0.717) is 0 Å². The second-order valence-electron chi connectivity index (χ2n) is 15.5. The van der Waals surface area contributed by atoms with Crippen molar-refractivity contribution in [3.8, 4) is 0 Å². The summed E-state index contributed by atoms with van der Waals surface area (Å²) in [6, 6.07) is -3.12. The molecule has 28 heteroatoms. The van der Waals surface area contributed by atoms with E-state index in [1.54, 1.807) is 0 Å². The maximum absolute atomic E-state index is 12.3. The zero-order valence-corrected chi connectivity index (χ0v) is 33.2. The van der Waals surface area contributed by atoms with Crippen LogP contribution in [0.5, 0.6) is 0 Å². The predicted octanol–water partition coefficient (Wildman–Crippen LogP) is -11.6. The molecule has 28 nitrogen and oxygen atoms in total. The first-order chi connectivity index (χ1) is 29.3. The molecule has 5 heterocycles. The van der Waals surface area contributed by atoms with Gasteiger partial charge < -0.3 is 130 Å². The van der Waals surface area contributed by atoms with E-state index in [0.717, 1.165) is 13.8 Å².